The van der Waals surface area contributed by atoms with Crippen molar-refractivity contribution >= 4 is 16.9 Å². The van der Waals surface area contributed by atoms with Crippen molar-refractivity contribution in [2.24, 2.45) is 7.05 Å². The Morgan fingerprint density at radius 2 is 1.88 bits per heavy atom. The predicted octanol–water partition coefficient (Wildman–Crippen LogP) is 2.22. The standard InChI is InChI=1S/C22H24F3N5O3/c1-28-19-16(12-27-28)20(32)30(14-26-19)13-21(33)7-9-29(10-8-21)18(31)11-17(22(23,24)25)15-5-3-2-4-6-15/h2-6,12,14,17,33H,7-11,13H2,1H3/t17-/m1/s1. The van der Waals surface area contributed by atoms with Gasteiger partial charge < -0.3 is 10.0 Å². The lowest BCUT2D eigenvalue weighted by Gasteiger charge is -2.39. The number of rotatable bonds is 5. The molecule has 1 atom stereocenters. The molecule has 1 N–H and O–H groups in total. The number of aliphatic hydroxyl groups is 1. The van der Waals surface area contributed by atoms with Crippen molar-refractivity contribution in [3.05, 3.63) is 58.8 Å². The normalized spacial score (nSPS) is 17.3. The maximum atomic E-state index is 13.6. The van der Waals surface area contributed by atoms with E-state index in [2.05, 4.69) is 10.1 Å². The molecule has 0 bridgehead atoms. The van der Waals surface area contributed by atoms with Crippen LogP contribution in [0.1, 0.15) is 30.7 Å². The van der Waals surface area contributed by atoms with Crippen LogP contribution in [0.5, 0.6) is 0 Å². The first-order valence-electron chi connectivity index (χ1n) is 10.6. The van der Waals surface area contributed by atoms with E-state index in [-0.39, 0.29) is 43.6 Å². The van der Waals surface area contributed by atoms with Crippen LogP contribution in [0.15, 0.2) is 47.7 Å². The Kier molecular flexibility index (Phi) is 6.00. The molecule has 0 saturated carbocycles. The lowest BCUT2D eigenvalue weighted by Crippen LogP contribution is -2.50. The van der Waals surface area contributed by atoms with Crippen molar-refractivity contribution in [1.29, 1.82) is 0 Å². The summed E-state index contributed by atoms with van der Waals surface area (Å²) in [5.74, 6) is -2.50. The van der Waals surface area contributed by atoms with Crippen LogP contribution < -0.4 is 5.56 Å². The summed E-state index contributed by atoms with van der Waals surface area (Å²) in [6, 6.07) is 7.38. The number of hydrogen-bond acceptors (Lipinski definition) is 5. The summed E-state index contributed by atoms with van der Waals surface area (Å²) in [5, 5.41) is 15.3. The molecule has 8 nitrogen and oxygen atoms in total. The average molecular weight is 463 g/mol. The van der Waals surface area contributed by atoms with E-state index in [0.29, 0.717) is 11.0 Å². The first-order valence-corrected chi connectivity index (χ1v) is 10.6. The van der Waals surface area contributed by atoms with Gasteiger partial charge in [0.2, 0.25) is 5.91 Å². The van der Waals surface area contributed by atoms with Gasteiger partial charge in [-0.05, 0) is 18.4 Å². The number of halogens is 3. The monoisotopic (exact) mass is 463 g/mol. The van der Waals surface area contributed by atoms with Crippen LogP contribution >= 0.6 is 0 Å². The second-order valence-electron chi connectivity index (χ2n) is 8.50. The number of fused-ring (bicyclic) bond motifs is 1. The number of nitrogens with zero attached hydrogens (tertiary/aromatic N) is 5. The molecule has 1 saturated heterocycles. The summed E-state index contributed by atoms with van der Waals surface area (Å²) in [6.45, 7) is 0.179. The van der Waals surface area contributed by atoms with Crippen LogP contribution in [0, 0.1) is 0 Å². The molecule has 33 heavy (non-hydrogen) atoms. The third-order valence-corrected chi connectivity index (χ3v) is 6.21. The fourth-order valence-electron chi connectivity index (χ4n) is 4.24. The lowest BCUT2D eigenvalue weighted by atomic mass is 9.90. The molecule has 1 aromatic carbocycles. The molecule has 176 valence electrons. The van der Waals surface area contributed by atoms with E-state index in [1.54, 1.807) is 13.1 Å². The van der Waals surface area contributed by atoms with Crippen molar-refractivity contribution in [3.63, 3.8) is 0 Å². The molecule has 0 unspecified atom stereocenters. The molecule has 3 heterocycles. The van der Waals surface area contributed by atoms with Gasteiger partial charge in [0.05, 0.1) is 24.3 Å². The van der Waals surface area contributed by atoms with Crippen LogP contribution in [0.4, 0.5) is 13.2 Å². The number of amides is 1. The maximum absolute atomic E-state index is 13.6. The molecule has 1 amide bonds. The summed E-state index contributed by atoms with van der Waals surface area (Å²) < 4.78 is 43.6. The quantitative estimate of drug-likeness (QED) is 0.627. The first kappa shape index (κ1) is 23.0. The van der Waals surface area contributed by atoms with Gasteiger partial charge in [0.15, 0.2) is 5.65 Å². The van der Waals surface area contributed by atoms with Gasteiger partial charge in [0.1, 0.15) is 11.7 Å². The summed E-state index contributed by atoms with van der Waals surface area (Å²) in [4.78, 5) is 30.9. The Morgan fingerprint density at radius 1 is 1.21 bits per heavy atom. The van der Waals surface area contributed by atoms with Gasteiger partial charge >= 0.3 is 6.18 Å². The van der Waals surface area contributed by atoms with E-state index >= 15 is 0 Å². The number of carbonyl (C=O) groups excluding carboxylic acids is 1. The Labute approximate surface area is 187 Å². The highest BCUT2D eigenvalue weighted by molar-refractivity contribution is 5.77. The summed E-state index contributed by atoms with van der Waals surface area (Å²) in [6.07, 6.45) is -2.21. The van der Waals surface area contributed by atoms with Crippen molar-refractivity contribution in [2.75, 3.05) is 13.1 Å². The number of aryl methyl sites for hydroxylation is 1. The van der Waals surface area contributed by atoms with Crippen molar-refractivity contribution in [2.45, 2.75) is 43.5 Å². The van der Waals surface area contributed by atoms with E-state index in [1.165, 1.54) is 50.9 Å². The highest BCUT2D eigenvalue weighted by atomic mass is 19.4. The van der Waals surface area contributed by atoms with Gasteiger partial charge in [-0.2, -0.15) is 18.3 Å². The number of benzene rings is 1. The smallest absolute Gasteiger partial charge is 0.388 e. The van der Waals surface area contributed by atoms with Crippen molar-refractivity contribution in [3.8, 4) is 0 Å². The minimum absolute atomic E-state index is 0.0269. The zero-order valence-electron chi connectivity index (χ0n) is 18.0. The third kappa shape index (κ3) is 4.77. The molecule has 1 fully saturated rings. The SMILES string of the molecule is Cn1ncc2c(=O)n(CC3(O)CCN(C(=O)C[C@H](c4ccccc4)C(F)(F)F)CC3)cnc21. The molecular weight excluding hydrogens is 439 g/mol. The van der Waals surface area contributed by atoms with E-state index in [9.17, 15) is 27.9 Å². The molecule has 11 heteroatoms. The van der Waals surface area contributed by atoms with Crippen LogP contribution in [0.25, 0.3) is 11.0 Å². The summed E-state index contributed by atoms with van der Waals surface area (Å²) in [7, 11) is 1.67. The minimum atomic E-state index is -4.55. The number of hydrogen-bond donors (Lipinski definition) is 1. The van der Waals surface area contributed by atoms with E-state index in [1.807, 2.05) is 0 Å². The van der Waals surface area contributed by atoms with Gasteiger partial charge in [-0.1, -0.05) is 30.3 Å². The number of carbonyl (C=O) groups is 1. The first-order chi connectivity index (χ1) is 15.6. The molecule has 1 aliphatic heterocycles. The number of likely N-dealkylation sites (tertiary alicyclic amines) is 1. The zero-order chi connectivity index (χ0) is 23.8. The number of aromatic nitrogens is 4. The molecule has 1 aliphatic rings. The van der Waals surface area contributed by atoms with Gasteiger partial charge in [-0.15, -0.1) is 0 Å². The molecule has 0 radical (unpaired) electrons. The Morgan fingerprint density at radius 3 is 2.52 bits per heavy atom. The van der Waals surface area contributed by atoms with E-state index in [0.717, 1.165) is 0 Å². The largest absolute Gasteiger partial charge is 0.396 e. The maximum Gasteiger partial charge on any atom is 0.396 e. The number of piperidine rings is 1. The van der Waals surface area contributed by atoms with Crippen LogP contribution in [-0.4, -0.2) is 60.1 Å². The number of alkyl halides is 3. The van der Waals surface area contributed by atoms with Crippen molar-refractivity contribution < 1.29 is 23.1 Å². The molecular formula is C22H24F3N5O3. The fraction of sp³-hybridized carbons (Fsp3) is 0.455. The van der Waals surface area contributed by atoms with Crippen molar-refractivity contribution in [1.82, 2.24) is 24.2 Å². The lowest BCUT2D eigenvalue weighted by molar-refractivity contribution is -0.162. The van der Waals surface area contributed by atoms with E-state index in [4.69, 9.17) is 0 Å². The Bertz CT molecular complexity index is 1200. The van der Waals surface area contributed by atoms with Crippen LogP contribution in [0.3, 0.4) is 0 Å². The highest BCUT2D eigenvalue weighted by Gasteiger charge is 2.43. The molecule has 0 aliphatic carbocycles. The van der Waals surface area contributed by atoms with Crippen LogP contribution in [-0.2, 0) is 18.4 Å². The molecule has 3 aromatic rings. The fourth-order valence-corrected chi connectivity index (χ4v) is 4.24. The van der Waals surface area contributed by atoms with Gasteiger partial charge in [-0.3, -0.25) is 18.8 Å². The summed E-state index contributed by atoms with van der Waals surface area (Å²) >= 11 is 0. The Balaban J connectivity index is 1.42. The molecule has 0 spiro atoms. The van der Waals surface area contributed by atoms with E-state index < -0.39 is 30.0 Å². The average Bonchev–Trinajstić information content (AvgIpc) is 3.15. The zero-order valence-corrected chi connectivity index (χ0v) is 18.0. The highest BCUT2D eigenvalue weighted by Crippen LogP contribution is 2.38. The molecule has 4 rings (SSSR count). The second kappa shape index (κ2) is 8.62. The second-order valence-corrected chi connectivity index (χ2v) is 8.50. The van der Waals surface area contributed by atoms with Gasteiger partial charge in [0, 0.05) is 26.6 Å². The minimum Gasteiger partial charge on any atom is -0.388 e. The Hall–Kier alpha value is -3.21. The third-order valence-electron chi connectivity index (χ3n) is 6.21. The summed E-state index contributed by atoms with van der Waals surface area (Å²) in [5.41, 5.74) is -1.14. The topological polar surface area (TPSA) is 93.2 Å². The predicted molar refractivity (Wildman–Crippen MR) is 113 cm³/mol. The van der Waals surface area contributed by atoms with Crippen LogP contribution in [0.2, 0.25) is 0 Å². The van der Waals surface area contributed by atoms with Gasteiger partial charge in [0.25, 0.3) is 5.56 Å². The molecule has 2 aromatic heterocycles. The van der Waals surface area contributed by atoms with Gasteiger partial charge in [-0.25, -0.2) is 4.98 Å².